The van der Waals surface area contributed by atoms with Gasteiger partial charge in [0.15, 0.2) is 5.82 Å². The summed E-state index contributed by atoms with van der Waals surface area (Å²) in [7, 11) is 0. The number of carbonyl (C=O) groups is 2. The number of primary amides is 1. The predicted molar refractivity (Wildman–Crippen MR) is 111 cm³/mol. The molecule has 8 nitrogen and oxygen atoms in total. The summed E-state index contributed by atoms with van der Waals surface area (Å²) in [4.78, 5) is 28.2. The van der Waals surface area contributed by atoms with Gasteiger partial charge in [0.05, 0.1) is 12.4 Å². The molecule has 0 radical (unpaired) electrons. The van der Waals surface area contributed by atoms with Gasteiger partial charge in [0.1, 0.15) is 5.65 Å². The first-order valence-corrected chi connectivity index (χ1v) is 9.73. The van der Waals surface area contributed by atoms with Crippen LogP contribution in [-0.4, -0.2) is 37.0 Å². The standard InChI is InChI=1S/C22H20N6O2/c1-13-2-3-15(22(30)26-17-4-5-17)8-18(13)16-10-25-28(12-16)20-11-24-19-9-14(21(23)29)6-7-27(19)20/h2-3,6-12,17H,4-5H2,1H3,(H2,23,29)(H,26,30). The van der Waals surface area contributed by atoms with Crippen LogP contribution in [0.5, 0.6) is 0 Å². The molecule has 0 bridgehead atoms. The van der Waals surface area contributed by atoms with Crippen molar-refractivity contribution in [3.8, 4) is 16.9 Å². The average Bonchev–Trinajstić information content (AvgIpc) is 3.25. The number of nitrogens with two attached hydrogens (primary N) is 1. The van der Waals surface area contributed by atoms with Crippen molar-refractivity contribution in [2.75, 3.05) is 0 Å². The van der Waals surface area contributed by atoms with Gasteiger partial charge in [-0.3, -0.25) is 14.0 Å². The maximum absolute atomic E-state index is 12.4. The molecular weight excluding hydrogens is 380 g/mol. The van der Waals surface area contributed by atoms with Crippen LogP contribution in [0.1, 0.15) is 39.1 Å². The molecule has 30 heavy (non-hydrogen) atoms. The second kappa shape index (κ2) is 6.84. The highest BCUT2D eigenvalue weighted by atomic mass is 16.2. The van der Waals surface area contributed by atoms with Crippen molar-refractivity contribution in [1.29, 1.82) is 0 Å². The molecule has 8 heteroatoms. The molecule has 5 rings (SSSR count). The molecule has 150 valence electrons. The third-order valence-corrected chi connectivity index (χ3v) is 5.32. The van der Waals surface area contributed by atoms with E-state index in [-0.39, 0.29) is 5.91 Å². The Morgan fingerprint density at radius 2 is 1.97 bits per heavy atom. The number of fused-ring (bicyclic) bond motifs is 1. The fraction of sp³-hybridized carbons (Fsp3) is 0.182. The minimum absolute atomic E-state index is 0.0434. The summed E-state index contributed by atoms with van der Waals surface area (Å²) in [5.74, 6) is 0.190. The lowest BCUT2D eigenvalue weighted by Gasteiger charge is -2.08. The number of carbonyl (C=O) groups excluding carboxylic acids is 2. The van der Waals surface area contributed by atoms with E-state index >= 15 is 0 Å². The number of hydrogen-bond acceptors (Lipinski definition) is 4. The summed E-state index contributed by atoms with van der Waals surface area (Å²) in [5, 5.41) is 7.50. The van der Waals surface area contributed by atoms with Gasteiger partial charge in [-0.2, -0.15) is 5.10 Å². The van der Waals surface area contributed by atoms with Crippen molar-refractivity contribution in [1.82, 2.24) is 24.5 Å². The molecule has 0 spiro atoms. The van der Waals surface area contributed by atoms with Crippen molar-refractivity contribution in [2.45, 2.75) is 25.8 Å². The van der Waals surface area contributed by atoms with Crippen molar-refractivity contribution < 1.29 is 9.59 Å². The third kappa shape index (κ3) is 3.22. The van der Waals surface area contributed by atoms with Crippen LogP contribution in [0.25, 0.3) is 22.6 Å². The number of pyridine rings is 1. The normalized spacial score (nSPS) is 13.5. The average molecular weight is 400 g/mol. The van der Waals surface area contributed by atoms with Gasteiger partial charge < -0.3 is 11.1 Å². The monoisotopic (exact) mass is 400 g/mol. The lowest BCUT2D eigenvalue weighted by Crippen LogP contribution is -2.25. The quantitative estimate of drug-likeness (QED) is 0.537. The molecule has 1 aliphatic carbocycles. The number of imidazole rings is 1. The zero-order valence-corrected chi connectivity index (χ0v) is 16.4. The Bertz CT molecular complexity index is 1300. The fourth-order valence-corrected chi connectivity index (χ4v) is 3.45. The van der Waals surface area contributed by atoms with E-state index in [2.05, 4.69) is 15.4 Å². The number of nitrogens with one attached hydrogen (secondary N) is 1. The Balaban J connectivity index is 1.49. The zero-order chi connectivity index (χ0) is 20.8. The number of aromatic nitrogens is 4. The van der Waals surface area contributed by atoms with Crippen LogP contribution in [-0.2, 0) is 0 Å². The molecule has 2 amide bonds. The molecule has 1 aromatic carbocycles. The molecule has 0 atom stereocenters. The zero-order valence-electron chi connectivity index (χ0n) is 16.4. The second-order valence-corrected chi connectivity index (χ2v) is 7.58. The van der Waals surface area contributed by atoms with Gasteiger partial charge in [-0.25, -0.2) is 9.67 Å². The van der Waals surface area contributed by atoms with E-state index in [9.17, 15) is 9.59 Å². The Morgan fingerprint density at radius 3 is 2.73 bits per heavy atom. The molecule has 1 aliphatic rings. The number of amides is 2. The Kier molecular flexibility index (Phi) is 4.13. The van der Waals surface area contributed by atoms with Gasteiger partial charge >= 0.3 is 0 Å². The summed E-state index contributed by atoms with van der Waals surface area (Å²) in [6, 6.07) is 9.31. The van der Waals surface area contributed by atoms with Crippen LogP contribution in [0.2, 0.25) is 0 Å². The SMILES string of the molecule is Cc1ccc(C(=O)NC2CC2)cc1-c1cnn(-c2cnc3cc(C(N)=O)ccn23)c1. The van der Waals surface area contributed by atoms with Gasteiger partial charge in [-0.15, -0.1) is 0 Å². The van der Waals surface area contributed by atoms with Gasteiger partial charge in [0.2, 0.25) is 5.91 Å². The predicted octanol–water partition coefficient (Wildman–Crippen LogP) is 2.49. The van der Waals surface area contributed by atoms with E-state index in [0.717, 1.165) is 35.3 Å². The molecule has 0 saturated heterocycles. The first-order chi connectivity index (χ1) is 14.5. The summed E-state index contributed by atoms with van der Waals surface area (Å²) < 4.78 is 3.55. The van der Waals surface area contributed by atoms with Crippen LogP contribution in [0, 0.1) is 6.92 Å². The number of benzene rings is 1. The van der Waals surface area contributed by atoms with Gasteiger partial charge in [0.25, 0.3) is 5.91 Å². The molecule has 3 aromatic heterocycles. The number of rotatable bonds is 5. The molecule has 0 aliphatic heterocycles. The highest BCUT2D eigenvalue weighted by Gasteiger charge is 2.24. The highest BCUT2D eigenvalue weighted by molar-refractivity contribution is 5.96. The van der Waals surface area contributed by atoms with Gasteiger partial charge in [0, 0.05) is 35.1 Å². The minimum Gasteiger partial charge on any atom is -0.366 e. The van der Waals surface area contributed by atoms with Gasteiger partial charge in [-0.05, 0) is 55.2 Å². The second-order valence-electron chi connectivity index (χ2n) is 7.58. The molecule has 0 unspecified atom stereocenters. The van der Waals surface area contributed by atoms with Crippen molar-refractivity contribution >= 4 is 17.5 Å². The summed E-state index contributed by atoms with van der Waals surface area (Å²) in [6.07, 6.45) is 9.20. The number of nitrogens with zero attached hydrogens (tertiary/aromatic N) is 4. The number of aryl methyl sites for hydroxylation is 1. The summed E-state index contributed by atoms with van der Waals surface area (Å²) in [5.41, 5.74) is 9.90. The third-order valence-electron chi connectivity index (χ3n) is 5.32. The summed E-state index contributed by atoms with van der Waals surface area (Å²) in [6.45, 7) is 2.01. The van der Waals surface area contributed by atoms with E-state index < -0.39 is 5.91 Å². The molecule has 1 fully saturated rings. The van der Waals surface area contributed by atoms with E-state index in [1.165, 1.54) is 0 Å². The topological polar surface area (TPSA) is 107 Å². The fourth-order valence-electron chi connectivity index (χ4n) is 3.45. The maximum atomic E-state index is 12.4. The van der Waals surface area contributed by atoms with Gasteiger partial charge in [-0.1, -0.05) is 6.07 Å². The molecule has 3 N–H and O–H groups in total. The van der Waals surface area contributed by atoms with Crippen LogP contribution < -0.4 is 11.1 Å². The minimum atomic E-state index is -0.496. The Hall–Kier alpha value is -3.94. The summed E-state index contributed by atoms with van der Waals surface area (Å²) >= 11 is 0. The lowest BCUT2D eigenvalue weighted by molar-refractivity contribution is 0.0949. The lowest BCUT2D eigenvalue weighted by atomic mass is 10.0. The molecule has 3 heterocycles. The van der Waals surface area contributed by atoms with Crippen LogP contribution >= 0.6 is 0 Å². The first-order valence-electron chi connectivity index (χ1n) is 9.73. The van der Waals surface area contributed by atoms with E-state index in [1.807, 2.05) is 35.7 Å². The first kappa shape index (κ1) is 18.1. The van der Waals surface area contributed by atoms with Crippen molar-refractivity contribution in [3.63, 3.8) is 0 Å². The molecule has 1 saturated carbocycles. The maximum Gasteiger partial charge on any atom is 0.251 e. The van der Waals surface area contributed by atoms with Crippen LogP contribution in [0.15, 0.2) is 55.1 Å². The smallest absolute Gasteiger partial charge is 0.251 e. The van der Waals surface area contributed by atoms with Crippen LogP contribution in [0.3, 0.4) is 0 Å². The molecule has 4 aromatic rings. The number of hydrogen-bond donors (Lipinski definition) is 2. The largest absolute Gasteiger partial charge is 0.366 e. The van der Waals surface area contributed by atoms with E-state index in [4.69, 9.17) is 5.73 Å². The Morgan fingerprint density at radius 1 is 1.13 bits per heavy atom. The van der Waals surface area contributed by atoms with Crippen LogP contribution in [0.4, 0.5) is 0 Å². The van der Waals surface area contributed by atoms with E-state index in [0.29, 0.717) is 22.8 Å². The molecular formula is C22H20N6O2. The highest BCUT2D eigenvalue weighted by Crippen LogP contribution is 2.26. The van der Waals surface area contributed by atoms with Crippen molar-refractivity contribution in [2.24, 2.45) is 5.73 Å². The van der Waals surface area contributed by atoms with E-state index in [1.54, 1.807) is 35.4 Å². The Labute approximate surface area is 172 Å². The van der Waals surface area contributed by atoms with Crippen molar-refractivity contribution in [3.05, 3.63) is 71.8 Å².